The highest BCUT2D eigenvalue weighted by atomic mass is 32.1. The smallest absolute Gasteiger partial charge is 0.362 e. The third kappa shape index (κ3) is 3.22. The summed E-state index contributed by atoms with van der Waals surface area (Å²) < 4.78 is 5.21. The zero-order valence-electron chi connectivity index (χ0n) is 16.4. The number of ether oxygens (including phenoxy) is 1. The monoisotopic (exact) mass is 418 g/mol. The first-order valence-electron chi connectivity index (χ1n) is 9.75. The number of hydrogen-bond acceptors (Lipinski definition) is 5. The van der Waals surface area contributed by atoms with Crippen LogP contribution in [0.25, 0.3) is 10.4 Å². The lowest BCUT2D eigenvalue weighted by Crippen LogP contribution is -3.15. The Morgan fingerprint density at radius 3 is 2.80 bits per heavy atom. The maximum atomic E-state index is 13.0. The third-order valence-corrected chi connectivity index (χ3v) is 6.65. The Morgan fingerprint density at radius 2 is 2.00 bits per heavy atom. The second kappa shape index (κ2) is 7.51. The molecule has 30 heavy (non-hydrogen) atoms. The van der Waals surface area contributed by atoms with Gasteiger partial charge in [0.2, 0.25) is 0 Å². The van der Waals surface area contributed by atoms with Crippen LogP contribution in [0.5, 0.6) is 5.75 Å². The predicted molar refractivity (Wildman–Crippen MR) is 117 cm³/mol. The molecular weight excluding hydrogens is 398 g/mol. The summed E-state index contributed by atoms with van der Waals surface area (Å²) >= 11 is 1.41. The Balaban J connectivity index is 1.34. The van der Waals surface area contributed by atoms with Crippen LogP contribution < -0.4 is 14.5 Å². The highest BCUT2D eigenvalue weighted by Crippen LogP contribution is 2.37. The molecule has 2 aliphatic heterocycles. The molecule has 150 valence electrons. The molecule has 0 aliphatic carbocycles. The summed E-state index contributed by atoms with van der Waals surface area (Å²) in [7, 11) is 1.63. The second-order valence-corrected chi connectivity index (χ2v) is 8.32. The molecule has 3 aromatic rings. The fourth-order valence-corrected chi connectivity index (χ4v) is 4.96. The van der Waals surface area contributed by atoms with Crippen molar-refractivity contribution in [2.75, 3.05) is 25.1 Å². The average molecular weight is 418 g/mol. The van der Waals surface area contributed by atoms with Crippen molar-refractivity contribution >= 4 is 40.9 Å². The van der Waals surface area contributed by atoms with E-state index in [1.54, 1.807) is 18.3 Å². The molecule has 1 N–H and O–H groups in total. The molecule has 2 aromatic carbocycles. The van der Waals surface area contributed by atoms with E-state index in [0.29, 0.717) is 22.0 Å². The Hall–Kier alpha value is -3.29. The van der Waals surface area contributed by atoms with Gasteiger partial charge in [-0.2, -0.15) is 0 Å². The van der Waals surface area contributed by atoms with E-state index in [4.69, 9.17) is 4.74 Å². The summed E-state index contributed by atoms with van der Waals surface area (Å²) in [6, 6.07) is 17.5. The Morgan fingerprint density at radius 1 is 1.20 bits per heavy atom. The number of para-hydroxylation sites is 1. The average Bonchev–Trinajstić information content (AvgIpc) is 3.41. The fourth-order valence-electron chi connectivity index (χ4n) is 3.87. The van der Waals surface area contributed by atoms with Gasteiger partial charge < -0.3 is 9.64 Å². The number of fused-ring (bicyclic) bond motifs is 2. The molecule has 0 radical (unpaired) electrons. The van der Waals surface area contributed by atoms with Gasteiger partial charge in [0, 0.05) is 17.1 Å². The quantitative estimate of drug-likeness (QED) is 0.709. The molecule has 6 nitrogen and oxygen atoms in total. The molecule has 5 rings (SSSR count). The van der Waals surface area contributed by atoms with E-state index in [1.807, 2.05) is 54.6 Å². The molecule has 1 aromatic heterocycles. The summed E-state index contributed by atoms with van der Waals surface area (Å²) in [6.45, 7) is 0.717. The van der Waals surface area contributed by atoms with E-state index in [-0.39, 0.29) is 18.4 Å². The standard InChI is InChI=1S/C23H19N3O3S/c1-29-17-8-6-16(7-9-17)20-12-18-22(30-20)23(28)25(14-24-18)13-21(27)26-11-10-15-4-2-3-5-19(15)26/h2-9,12,14H,10-11,13H2,1H3/p+1. The molecule has 0 spiro atoms. The number of aliphatic imine (C=N–C) groups is 1. The van der Waals surface area contributed by atoms with E-state index >= 15 is 0 Å². The topological polar surface area (TPSA) is 63.4 Å². The molecular formula is C23H20N3O3S+. The van der Waals surface area contributed by atoms with Crippen LogP contribution in [0.3, 0.4) is 0 Å². The normalized spacial score (nSPS) is 17.0. The largest absolute Gasteiger partial charge is 0.497 e. The first kappa shape index (κ1) is 18.7. The lowest BCUT2D eigenvalue weighted by atomic mass is 10.1. The molecule has 2 aliphatic rings. The minimum Gasteiger partial charge on any atom is -0.497 e. The highest BCUT2D eigenvalue weighted by molar-refractivity contribution is 7.18. The molecule has 0 fully saturated rings. The van der Waals surface area contributed by atoms with Gasteiger partial charge >= 0.3 is 5.91 Å². The number of carbonyl (C=O) groups excluding carboxylic acids is 2. The van der Waals surface area contributed by atoms with Gasteiger partial charge in [-0.25, -0.2) is 14.7 Å². The van der Waals surface area contributed by atoms with E-state index in [2.05, 4.69) is 4.99 Å². The molecule has 1 unspecified atom stereocenters. The predicted octanol–water partition coefficient (Wildman–Crippen LogP) is 2.71. The minimum absolute atomic E-state index is 0.0614. The van der Waals surface area contributed by atoms with Crippen molar-refractivity contribution in [1.29, 1.82) is 0 Å². The van der Waals surface area contributed by atoms with Gasteiger partial charge in [-0.3, -0.25) is 4.79 Å². The summed E-state index contributed by atoms with van der Waals surface area (Å²) in [6.07, 6.45) is 2.40. The Labute approximate surface area is 178 Å². The third-order valence-electron chi connectivity index (χ3n) is 5.47. The number of nitrogens with one attached hydrogen (secondary N) is 1. The van der Waals surface area contributed by atoms with Gasteiger partial charge in [0.25, 0.3) is 5.91 Å². The van der Waals surface area contributed by atoms with Crippen LogP contribution in [-0.4, -0.2) is 38.4 Å². The van der Waals surface area contributed by atoms with Crippen LogP contribution in [0.15, 0.2) is 59.6 Å². The van der Waals surface area contributed by atoms with Gasteiger partial charge in [0.15, 0.2) is 17.8 Å². The van der Waals surface area contributed by atoms with E-state index in [0.717, 1.165) is 28.3 Å². The van der Waals surface area contributed by atoms with Crippen molar-refractivity contribution in [3.05, 3.63) is 65.0 Å². The number of thiophene rings is 1. The van der Waals surface area contributed by atoms with Crippen molar-refractivity contribution in [2.24, 2.45) is 4.99 Å². The Bertz CT molecular complexity index is 1170. The first-order chi connectivity index (χ1) is 14.6. The molecule has 0 bridgehead atoms. The van der Waals surface area contributed by atoms with Gasteiger partial charge in [0.1, 0.15) is 5.75 Å². The maximum absolute atomic E-state index is 13.0. The molecule has 2 amide bonds. The van der Waals surface area contributed by atoms with Crippen molar-refractivity contribution in [1.82, 2.24) is 0 Å². The van der Waals surface area contributed by atoms with Crippen LogP contribution in [0.1, 0.15) is 15.2 Å². The fraction of sp³-hybridized carbons (Fsp3) is 0.174. The number of methoxy groups -OCH3 is 1. The van der Waals surface area contributed by atoms with Crippen molar-refractivity contribution in [3.8, 4) is 16.2 Å². The number of amides is 2. The molecule has 0 saturated heterocycles. The van der Waals surface area contributed by atoms with Gasteiger partial charge in [-0.1, -0.05) is 18.2 Å². The van der Waals surface area contributed by atoms with Crippen LogP contribution >= 0.6 is 11.3 Å². The number of quaternary nitrogens is 1. The minimum atomic E-state index is -0.106. The van der Waals surface area contributed by atoms with Crippen LogP contribution in [0, 0.1) is 0 Å². The SMILES string of the molecule is COc1ccc(-c2cc3c(s2)C(=O)[NH+](CC(=O)N2CCc4ccccc42)C=N3)cc1. The van der Waals surface area contributed by atoms with Crippen LogP contribution in [0.4, 0.5) is 11.4 Å². The molecule has 0 saturated carbocycles. The summed E-state index contributed by atoms with van der Waals surface area (Å²) in [5.41, 5.74) is 3.79. The highest BCUT2D eigenvalue weighted by Gasteiger charge is 2.34. The molecule has 1 atom stereocenters. The van der Waals surface area contributed by atoms with Gasteiger partial charge in [0.05, 0.1) is 12.8 Å². The summed E-state index contributed by atoms with van der Waals surface area (Å²) in [5, 5.41) is 0. The lowest BCUT2D eigenvalue weighted by molar-refractivity contribution is -0.694. The van der Waals surface area contributed by atoms with Crippen LogP contribution in [-0.2, 0) is 11.2 Å². The van der Waals surface area contributed by atoms with Crippen molar-refractivity contribution < 1.29 is 19.2 Å². The number of anilines is 1. The number of nitrogens with zero attached hydrogens (tertiary/aromatic N) is 2. The Kier molecular flexibility index (Phi) is 4.69. The molecule has 3 heterocycles. The molecule has 7 heteroatoms. The zero-order valence-corrected chi connectivity index (χ0v) is 17.2. The van der Waals surface area contributed by atoms with E-state index in [1.165, 1.54) is 16.9 Å². The number of carbonyl (C=O) groups is 2. The summed E-state index contributed by atoms with van der Waals surface area (Å²) in [5.74, 6) is 0.613. The second-order valence-electron chi connectivity index (χ2n) is 7.27. The summed E-state index contributed by atoms with van der Waals surface area (Å²) in [4.78, 5) is 34.2. The van der Waals surface area contributed by atoms with Gasteiger partial charge in [-0.15, -0.1) is 11.3 Å². The number of rotatable bonds is 4. The number of hydrogen-bond donors (Lipinski definition) is 1. The van der Waals surface area contributed by atoms with E-state index < -0.39 is 0 Å². The maximum Gasteiger partial charge on any atom is 0.362 e. The first-order valence-corrected chi connectivity index (χ1v) is 10.6. The number of benzene rings is 2. The van der Waals surface area contributed by atoms with Crippen molar-refractivity contribution in [3.63, 3.8) is 0 Å². The van der Waals surface area contributed by atoms with Crippen LogP contribution in [0.2, 0.25) is 0 Å². The lowest BCUT2D eigenvalue weighted by Gasteiger charge is -2.20. The van der Waals surface area contributed by atoms with Gasteiger partial charge in [-0.05, 0) is 53.9 Å². The van der Waals surface area contributed by atoms with Crippen molar-refractivity contribution in [2.45, 2.75) is 6.42 Å². The zero-order chi connectivity index (χ0) is 20.7. The van der Waals surface area contributed by atoms with E-state index in [9.17, 15) is 9.59 Å².